The first-order valence-electron chi connectivity index (χ1n) is 10.1. The van der Waals surface area contributed by atoms with Crippen LogP contribution in [0.2, 0.25) is 0 Å². The molecule has 0 atom stereocenters. The first kappa shape index (κ1) is 19.2. The fraction of sp³-hybridized carbons (Fsp3) is 0.286. The monoisotopic (exact) mass is 420 g/mol. The van der Waals surface area contributed by atoms with Crippen molar-refractivity contribution in [2.75, 3.05) is 23.3 Å². The van der Waals surface area contributed by atoms with E-state index in [0.717, 1.165) is 37.4 Å². The van der Waals surface area contributed by atoms with E-state index in [4.69, 9.17) is 0 Å². The van der Waals surface area contributed by atoms with E-state index in [0.29, 0.717) is 17.2 Å². The van der Waals surface area contributed by atoms with Gasteiger partial charge in [0.2, 0.25) is 5.91 Å². The predicted molar refractivity (Wildman–Crippen MR) is 113 cm³/mol. The topological polar surface area (TPSA) is 93.2 Å². The number of aryl methyl sites for hydroxylation is 1. The normalized spacial score (nSPS) is 14.8. The number of hydrogen-bond acceptors (Lipinski definition) is 6. The van der Waals surface area contributed by atoms with Crippen molar-refractivity contribution in [3.63, 3.8) is 0 Å². The molecule has 158 valence electrons. The SMILES string of the molecule is Cc1cc(NC(=O)C2CCN(c3ccc4nncn4n3)CC2)n(-c2ccc(F)cc2)n1. The standard InChI is InChI=1S/C21H21FN8O/c1-14-12-20(30(26-14)17-4-2-16(22)3-5-17)24-21(31)15-8-10-28(11-9-15)19-7-6-18-25-23-13-29(18)27-19/h2-7,12-13,15H,8-11H2,1H3,(H,24,31). The number of aromatic nitrogens is 6. The Kier molecular flexibility index (Phi) is 4.81. The molecule has 0 radical (unpaired) electrons. The number of anilines is 2. The fourth-order valence-corrected chi connectivity index (χ4v) is 3.85. The summed E-state index contributed by atoms with van der Waals surface area (Å²) in [5, 5.41) is 19.8. The number of fused-ring (bicyclic) bond motifs is 1. The van der Waals surface area contributed by atoms with Gasteiger partial charge in [-0.2, -0.15) is 9.61 Å². The summed E-state index contributed by atoms with van der Waals surface area (Å²) in [6.45, 7) is 3.32. The second-order valence-electron chi connectivity index (χ2n) is 7.63. The van der Waals surface area contributed by atoms with Crippen molar-refractivity contribution in [2.24, 2.45) is 5.92 Å². The van der Waals surface area contributed by atoms with Crippen LogP contribution in [0, 0.1) is 18.7 Å². The molecule has 10 heteroatoms. The number of nitrogens with one attached hydrogen (secondary N) is 1. The molecule has 1 aliphatic rings. The summed E-state index contributed by atoms with van der Waals surface area (Å²) in [7, 11) is 0. The average Bonchev–Trinajstić information content (AvgIpc) is 3.40. The van der Waals surface area contributed by atoms with Gasteiger partial charge in [-0.05, 0) is 56.2 Å². The number of carbonyl (C=O) groups excluding carboxylic acids is 1. The zero-order chi connectivity index (χ0) is 21.4. The first-order valence-corrected chi connectivity index (χ1v) is 10.1. The van der Waals surface area contributed by atoms with Gasteiger partial charge in [-0.3, -0.25) is 4.79 Å². The highest BCUT2D eigenvalue weighted by Gasteiger charge is 2.27. The predicted octanol–water partition coefficient (Wildman–Crippen LogP) is 2.61. The Morgan fingerprint density at radius 2 is 1.87 bits per heavy atom. The molecule has 9 nitrogen and oxygen atoms in total. The Morgan fingerprint density at radius 3 is 2.65 bits per heavy atom. The van der Waals surface area contributed by atoms with Crippen molar-refractivity contribution < 1.29 is 9.18 Å². The van der Waals surface area contributed by atoms with Crippen LogP contribution < -0.4 is 10.2 Å². The number of carbonyl (C=O) groups is 1. The van der Waals surface area contributed by atoms with E-state index >= 15 is 0 Å². The molecule has 5 rings (SSSR count). The van der Waals surface area contributed by atoms with Gasteiger partial charge in [-0.15, -0.1) is 15.3 Å². The van der Waals surface area contributed by atoms with E-state index in [1.54, 1.807) is 27.7 Å². The van der Waals surface area contributed by atoms with Crippen LogP contribution in [0.25, 0.3) is 11.3 Å². The van der Waals surface area contributed by atoms with Gasteiger partial charge in [-0.1, -0.05) is 0 Å². The van der Waals surface area contributed by atoms with Crippen molar-refractivity contribution in [1.29, 1.82) is 0 Å². The van der Waals surface area contributed by atoms with Crippen LogP contribution in [0.15, 0.2) is 48.8 Å². The summed E-state index contributed by atoms with van der Waals surface area (Å²) < 4.78 is 16.5. The minimum Gasteiger partial charge on any atom is -0.355 e. The van der Waals surface area contributed by atoms with Gasteiger partial charge in [0.25, 0.3) is 0 Å². The van der Waals surface area contributed by atoms with Gasteiger partial charge in [-0.25, -0.2) is 9.07 Å². The zero-order valence-electron chi connectivity index (χ0n) is 16.9. The van der Waals surface area contributed by atoms with Gasteiger partial charge in [0, 0.05) is 25.1 Å². The molecule has 4 aromatic rings. The fourth-order valence-electron chi connectivity index (χ4n) is 3.85. The van der Waals surface area contributed by atoms with Crippen LogP contribution in [0.5, 0.6) is 0 Å². The molecule has 4 heterocycles. The Morgan fingerprint density at radius 1 is 1.10 bits per heavy atom. The molecule has 1 amide bonds. The van der Waals surface area contributed by atoms with Crippen molar-refractivity contribution in [3.8, 4) is 5.69 Å². The second-order valence-corrected chi connectivity index (χ2v) is 7.63. The molecule has 1 aromatic carbocycles. The summed E-state index contributed by atoms with van der Waals surface area (Å²) in [6.07, 6.45) is 3.01. The van der Waals surface area contributed by atoms with E-state index in [-0.39, 0.29) is 17.6 Å². The summed E-state index contributed by atoms with van der Waals surface area (Å²) in [5.41, 5.74) is 2.16. The van der Waals surface area contributed by atoms with Crippen molar-refractivity contribution in [1.82, 2.24) is 29.6 Å². The zero-order valence-corrected chi connectivity index (χ0v) is 16.9. The number of halogens is 1. The molecule has 0 unspecified atom stereocenters. The molecular formula is C21H21FN8O. The van der Waals surface area contributed by atoms with Crippen molar-refractivity contribution >= 4 is 23.2 Å². The van der Waals surface area contributed by atoms with Gasteiger partial charge in [0.1, 0.15) is 23.8 Å². The lowest BCUT2D eigenvalue weighted by molar-refractivity contribution is -0.120. The third kappa shape index (κ3) is 3.83. The molecule has 0 saturated carbocycles. The van der Waals surface area contributed by atoms with Gasteiger partial charge >= 0.3 is 0 Å². The van der Waals surface area contributed by atoms with Crippen LogP contribution in [-0.4, -0.2) is 48.6 Å². The van der Waals surface area contributed by atoms with Crippen LogP contribution >= 0.6 is 0 Å². The van der Waals surface area contributed by atoms with Crippen LogP contribution in [0.1, 0.15) is 18.5 Å². The molecule has 1 fully saturated rings. The average molecular weight is 420 g/mol. The molecule has 1 aliphatic heterocycles. The third-order valence-electron chi connectivity index (χ3n) is 5.49. The second kappa shape index (κ2) is 7.78. The Labute approximate surface area is 177 Å². The molecule has 0 bridgehead atoms. The highest BCUT2D eigenvalue weighted by Crippen LogP contribution is 2.24. The van der Waals surface area contributed by atoms with Gasteiger partial charge < -0.3 is 10.2 Å². The minimum absolute atomic E-state index is 0.0369. The smallest absolute Gasteiger partial charge is 0.228 e. The van der Waals surface area contributed by atoms with Crippen molar-refractivity contribution in [3.05, 3.63) is 60.3 Å². The van der Waals surface area contributed by atoms with Gasteiger partial charge in [0.05, 0.1) is 11.4 Å². The summed E-state index contributed by atoms with van der Waals surface area (Å²) in [4.78, 5) is 15.1. The Balaban J connectivity index is 1.25. The summed E-state index contributed by atoms with van der Waals surface area (Å²) >= 11 is 0. The third-order valence-corrected chi connectivity index (χ3v) is 5.49. The van der Waals surface area contributed by atoms with Crippen LogP contribution in [-0.2, 0) is 4.79 Å². The lowest BCUT2D eigenvalue weighted by atomic mass is 9.96. The molecule has 0 aliphatic carbocycles. The van der Waals surface area contributed by atoms with Crippen LogP contribution in [0.4, 0.5) is 16.0 Å². The van der Waals surface area contributed by atoms with E-state index in [1.807, 2.05) is 25.1 Å². The number of hydrogen-bond donors (Lipinski definition) is 1. The van der Waals surface area contributed by atoms with Crippen molar-refractivity contribution in [2.45, 2.75) is 19.8 Å². The number of rotatable bonds is 4. The van der Waals surface area contributed by atoms with Gasteiger partial charge in [0.15, 0.2) is 5.65 Å². The first-order chi connectivity index (χ1) is 15.1. The number of nitrogens with zero attached hydrogens (tertiary/aromatic N) is 7. The number of piperidine rings is 1. The lowest BCUT2D eigenvalue weighted by Crippen LogP contribution is -2.39. The molecule has 1 N–H and O–H groups in total. The largest absolute Gasteiger partial charge is 0.355 e. The maximum atomic E-state index is 13.3. The number of amides is 1. The maximum Gasteiger partial charge on any atom is 0.228 e. The Bertz CT molecular complexity index is 1220. The van der Waals surface area contributed by atoms with E-state index in [9.17, 15) is 9.18 Å². The summed E-state index contributed by atoms with van der Waals surface area (Å²) in [5.74, 6) is 0.965. The molecule has 1 saturated heterocycles. The van der Waals surface area contributed by atoms with E-state index < -0.39 is 0 Å². The highest BCUT2D eigenvalue weighted by atomic mass is 19.1. The highest BCUT2D eigenvalue weighted by molar-refractivity contribution is 5.92. The lowest BCUT2D eigenvalue weighted by Gasteiger charge is -2.32. The number of benzene rings is 1. The maximum absolute atomic E-state index is 13.3. The molecule has 0 spiro atoms. The van der Waals surface area contributed by atoms with E-state index in [1.165, 1.54) is 12.1 Å². The van der Waals surface area contributed by atoms with E-state index in [2.05, 4.69) is 30.6 Å². The molecule has 31 heavy (non-hydrogen) atoms. The summed E-state index contributed by atoms with van der Waals surface area (Å²) in [6, 6.07) is 11.6. The quantitative estimate of drug-likeness (QED) is 0.546. The Hall–Kier alpha value is -3.82. The molecule has 3 aromatic heterocycles. The van der Waals surface area contributed by atoms with Crippen LogP contribution in [0.3, 0.4) is 0 Å². The minimum atomic E-state index is -0.317. The molecular weight excluding hydrogens is 399 g/mol.